The lowest BCUT2D eigenvalue weighted by molar-refractivity contribution is 0.0995. The van der Waals surface area contributed by atoms with E-state index in [1.165, 1.54) is 0 Å². The molecule has 32 heavy (non-hydrogen) atoms. The molecule has 0 radical (unpaired) electrons. The second-order valence-electron chi connectivity index (χ2n) is 7.08. The molecule has 3 aromatic rings. The first-order valence-electron chi connectivity index (χ1n) is 10.2. The number of nitrogens with one attached hydrogen (secondary N) is 1. The summed E-state index contributed by atoms with van der Waals surface area (Å²) in [5.74, 6) is -0.397. The minimum atomic E-state index is -0.617. The third-order valence-corrected chi connectivity index (χ3v) is 4.90. The van der Waals surface area contributed by atoms with Gasteiger partial charge in [0.05, 0.1) is 16.9 Å². The zero-order valence-electron chi connectivity index (χ0n) is 18.4. The summed E-state index contributed by atoms with van der Waals surface area (Å²) in [6.07, 6.45) is 3.78. The van der Waals surface area contributed by atoms with Gasteiger partial charge in [-0.05, 0) is 32.9 Å². The van der Waals surface area contributed by atoms with Gasteiger partial charge in [0, 0.05) is 25.2 Å². The molecule has 7 N–H and O–H groups in total. The molecule has 3 rings (SSSR count). The lowest BCUT2D eigenvalue weighted by Crippen LogP contribution is -2.21. The number of imidazole rings is 1. The van der Waals surface area contributed by atoms with Crippen molar-refractivity contribution >= 4 is 34.5 Å². The molecule has 11 nitrogen and oxygen atoms in total. The Bertz CT molecular complexity index is 1190. The number of carbonyl (C=O) groups is 2. The molecular formula is C21H28N8O3. The maximum atomic E-state index is 13.1. The van der Waals surface area contributed by atoms with Crippen LogP contribution >= 0.6 is 0 Å². The van der Waals surface area contributed by atoms with Gasteiger partial charge < -0.3 is 26.5 Å². The lowest BCUT2D eigenvalue weighted by atomic mass is 10.1. The van der Waals surface area contributed by atoms with Crippen molar-refractivity contribution in [1.29, 1.82) is 0 Å². The number of anilines is 2. The summed E-state index contributed by atoms with van der Waals surface area (Å²) >= 11 is 0. The number of nitrogens with two attached hydrogens (primary N) is 3. The predicted octanol–water partition coefficient (Wildman–Crippen LogP) is 1.41. The average Bonchev–Trinajstić information content (AvgIpc) is 3.26. The molecule has 0 aliphatic carbocycles. The van der Waals surface area contributed by atoms with Crippen molar-refractivity contribution in [2.75, 3.05) is 24.2 Å². The van der Waals surface area contributed by atoms with Gasteiger partial charge in [-0.2, -0.15) is 5.10 Å². The molecule has 2 aromatic heterocycles. The summed E-state index contributed by atoms with van der Waals surface area (Å²) in [6.45, 7) is 6.90. The Hall–Kier alpha value is -3.86. The van der Waals surface area contributed by atoms with Crippen molar-refractivity contribution in [3.8, 4) is 5.75 Å². The Labute approximate surface area is 185 Å². The number of aryl methyl sites for hydroxylation is 2. The van der Waals surface area contributed by atoms with E-state index in [2.05, 4.69) is 15.4 Å². The van der Waals surface area contributed by atoms with Crippen LogP contribution in [0.1, 0.15) is 40.4 Å². The van der Waals surface area contributed by atoms with Gasteiger partial charge in [0.15, 0.2) is 0 Å². The number of benzene rings is 1. The van der Waals surface area contributed by atoms with Crippen molar-refractivity contribution in [1.82, 2.24) is 19.3 Å². The van der Waals surface area contributed by atoms with Crippen molar-refractivity contribution in [2.24, 2.45) is 11.5 Å². The van der Waals surface area contributed by atoms with E-state index in [-0.39, 0.29) is 30.4 Å². The van der Waals surface area contributed by atoms with Crippen LogP contribution in [0.25, 0.3) is 11.0 Å². The minimum Gasteiger partial charge on any atom is -0.490 e. The van der Waals surface area contributed by atoms with Gasteiger partial charge in [-0.25, -0.2) is 4.98 Å². The number of ether oxygens (including phenoxy) is 1. The summed E-state index contributed by atoms with van der Waals surface area (Å²) < 4.78 is 9.10. The second-order valence-corrected chi connectivity index (χ2v) is 7.08. The SMILES string of the molecule is CC=CCn1c(NC(=O)c2c(N)c(C)nn2CC)nc2cc(C(N)=O)cc(OCCN)c21. The van der Waals surface area contributed by atoms with E-state index in [0.29, 0.717) is 41.3 Å². The van der Waals surface area contributed by atoms with E-state index in [1.54, 1.807) is 28.3 Å². The molecule has 11 heteroatoms. The van der Waals surface area contributed by atoms with E-state index in [9.17, 15) is 9.59 Å². The predicted molar refractivity (Wildman–Crippen MR) is 123 cm³/mol. The zero-order valence-corrected chi connectivity index (χ0v) is 18.4. The van der Waals surface area contributed by atoms with Crippen LogP contribution in [0.2, 0.25) is 0 Å². The molecule has 0 fully saturated rings. The van der Waals surface area contributed by atoms with Crippen LogP contribution in [0, 0.1) is 6.92 Å². The normalized spacial score (nSPS) is 11.4. The molecule has 170 valence electrons. The first-order valence-corrected chi connectivity index (χ1v) is 10.2. The Morgan fingerprint density at radius 1 is 1.31 bits per heavy atom. The van der Waals surface area contributed by atoms with E-state index >= 15 is 0 Å². The van der Waals surface area contributed by atoms with Crippen LogP contribution in [-0.2, 0) is 13.1 Å². The molecule has 0 bridgehead atoms. The lowest BCUT2D eigenvalue weighted by Gasteiger charge is -2.12. The number of carbonyl (C=O) groups excluding carboxylic acids is 2. The van der Waals surface area contributed by atoms with Gasteiger partial charge in [-0.15, -0.1) is 0 Å². The number of allylic oxidation sites excluding steroid dienone is 2. The van der Waals surface area contributed by atoms with Crippen LogP contribution in [-0.4, -0.2) is 44.3 Å². The summed E-state index contributed by atoms with van der Waals surface area (Å²) in [5.41, 5.74) is 19.6. The number of rotatable bonds is 9. The third kappa shape index (κ3) is 4.28. The standard InChI is InChI=1S/C21H28N8O3/c1-4-6-8-28-17-14(10-13(19(24)30)11-15(17)32-9-7-22)25-21(28)26-20(31)18-16(23)12(3)27-29(18)5-2/h4,6,10-11H,5,7-9,22-23H2,1-3H3,(H2,24,30)(H,25,26,31). The molecule has 0 unspecified atom stereocenters. The molecule has 0 saturated carbocycles. The fourth-order valence-corrected chi connectivity index (χ4v) is 3.36. The maximum absolute atomic E-state index is 13.1. The summed E-state index contributed by atoms with van der Waals surface area (Å²) in [6, 6.07) is 3.11. The minimum absolute atomic E-state index is 0.235. The summed E-state index contributed by atoms with van der Waals surface area (Å²) in [7, 11) is 0. The zero-order chi connectivity index (χ0) is 23.4. The fraction of sp³-hybridized carbons (Fsp3) is 0.333. The highest BCUT2D eigenvalue weighted by atomic mass is 16.5. The first-order chi connectivity index (χ1) is 15.3. The van der Waals surface area contributed by atoms with E-state index in [4.69, 9.17) is 21.9 Å². The summed E-state index contributed by atoms with van der Waals surface area (Å²) in [5, 5.41) is 7.12. The van der Waals surface area contributed by atoms with Gasteiger partial charge in [0.25, 0.3) is 5.91 Å². The van der Waals surface area contributed by atoms with Crippen LogP contribution in [0.15, 0.2) is 24.3 Å². The van der Waals surface area contributed by atoms with Crippen molar-refractivity contribution in [2.45, 2.75) is 33.9 Å². The fourth-order valence-electron chi connectivity index (χ4n) is 3.36. The van der Waals surface area contributed by atoms with Gasteiger partial charge in [0.1, 0.15) is 23.6 Å². The molecule has 0 saturated heterocycles. The monoisotopic (exact) mass is 440 g/mol. The van der Waals surface area contributed by atoms with Gasteiger partial charge in [-0.1, -0.05) is 12.2 Å². The number of aromatic nitrogens is 4. The number of hydrogen-bond acceptors (Lipinski definition) is 7. The Kier molecular flexibility index (Phi) is 6.79. The first kappa shape index (κ1) is 22.8. The molecule has 2 amide bonds. The Morgan fingerprint density at radius 3 is 2.69 bits per heavy atom. The van der Waals surface area contributed by atoms with E-state index in [1.807, 2.05) is 26.0 Å². The quantitative estimate of drug-likeness (QED) is 0.364. The summed E-state index contributed by atoms with van der Waals surface area (Å²) in [4.78, 5) is 29.5. The Balaban J connectivity index is 2.15. The molecule has 0 spiro atoms. The number of nitrogens with zero attached hydrogens (tertiary/aromatic N) is 4. The van der Waals surface area contributed by atoms with Crippen LogP contribution in [0.3, 0.4) is 0 Å². The van der Waals surface area contributed by atoms with Crippen molar-refractivity contribution in [3.63, 3.8) is 0 Å². The third-order valence-electron chi connectivity index (χ3n) is 4.90. The highest BCUT2D eigenvalue weighted by Gasteiger charge is 2.23. The van der Waals surface area contributed by atoms with Gasteiger partial charge in [-0.3, -0.25) is 19.6 Å². The average molecular weight is 441 g/mol. The van der Waals surface area contributed by atoms with Crippen molar-refractivity contribution in [3.05, 3.63) is 41.2 Å². The largest absolute Gasteiger partial charge is 0.490 e. The maximum Gasteiger partial charge on any atom is 0.278 e. The number of nitrogen functional groups attached to an aromatic ring is 1. The molecule has 1 aromatic carbocycles. The Morgan fingerprint density at radius 2 is 2.06 bits per heavy atom. The molecular weight excluding hydrogens is 412 g/mol. The molecule has 2 heterocycles. The number of fused-ring (bicyclic) bond motifs is 1. The number of hydrogen-bond donors (Lipinski definition) is 4. The highest BCUT2D eigenvalue weighted by molar-refractivity contribution is 6.07. The van der Waals surface area contributed by atoms with Crippen LogP contribution in [0.4, 0.5) is 11.6 Å². The van der Waals surface area contributed by atoms with E-state index in [0.717, 1.165) is 0 Å². The van der Waals surface area contributed by atoms with Crippen LogP contribution < -0.4 is 27.3 Å². The number of primary amides is 1. The topological polar surface area (TPSA) is 169 Å². The van der Waals surface area contributed by atoms with Gasteiger partial charge in [0.2, 0.25) is 11.9 Å². The highest BCUT2D eigenvalue weighted by Crippen LogP contribution is 2.31. The van der Waals surface area contributed by atoms with Gasteiger partial charge >= 0.3 is 0 Å². The molecule has 0 aliphatic heterocycles. The van der Waals surface area contributed by atoms with E-state index < -0.39 is 11.8 Å². The van der Waals surface area contributed by atoms with Crippen LogP contribution in [0.5, 0.6) is 5.75 Å². The second kappa shape index (κ2) is 9.52. The smallest absolute Gasteiger partial charge is 0.278 e. The molecule has 0 atom stereocenters. The molecule has 0 aliphatic rings. The van der Waals surface area contributed by atoms with Crippen molar-refractivity contribution < 1.29 is 14.3 Å². The number of amides is 2.